The smallest absolute Gasteiger partial charge is 0.123 e. The first kappa shape index (κ1) is 14.1. The normalized spacial score (nSPS) is 11.8. The van der Waals surface area contributed by atoms with Crippen molar-refractivity contribution in [3.63, 3.8) is 0 Å². The van der Waals surface area contributed by atoms with Crippen molar-refractivity contribution in [1.29, 1.82) is 0 Å². The second kappa shape index (κ2) is 5.78. The van der Waals surface area contributed by atoms with Crippen LogP contribution < -0.4 is 0 Å². The molecule has 0 radical (unpaired) electrons. The predicted octanol–water partition coefficient (Wildman–Crippen LogP) is 3.75. The second-order valence-corrected chi connectivity index (χ2v) is 6.83. The third kappa shape index (κ3) is 4.10. The molecule has 0 unspecified atom stereocenters. The van der Waals surface area contributed by atoms with E-state index in [1.54, 1.807) is 12.1 Å². The largest absolute Gasteiger partial charge is 0.268 e. The Kier molecular flexibility index (Phi) is 4.30. The third-order valence-electron chi connectivity index (χ3n) is 3.13. The number of rotatable bonds is 5. The Labute approximate surface area is 118 Å². The Hall–Kier alpha value is -1.29. The van der Waals surface area contributed by atoms with Crippen LogP contribution in [0.15, 0.2) is 36.7 Å². The minimum absolute atomic E-state index is 0.202. The molecule has 0 aliphatic heterocycles. The van der Waals surface area contributed by atoms with Crippen molar-refractivity contribution < 1.29 is 4.39 Å². The maximum absolute atomic E-state index is 12.8. The highest BCUT2D eigenvalue weighted by Crippen LogP contribution is 2.25. The molecular weight excluding hydrogens is 259 g/mol. The van der Waals surface area contributed by atoms with Crippen LogP contribution in [0.2, 0.25) is 0 Å². The minimum Gasteiger partial charge on any atom is -0.268 e. The van der Waals surface area contributed by atoms with Gasteiger partial charge in [0, 0.05) is 10.9 Å². The summed E-state index contributed by atoms with van der Waals surface area (Å²) < 4.78 is 15.0. The van der Waals surface area contributed by atoms with Crippen LogP contribution in [0.3, 0.4) is 0 Å². The Bertz CT molecular complexity index is 531. The van der Waals surface area contributed by atoms with Crippen LogP contribution in [0, 0.1) is 5.82 Å². The fourth-order valence-electron chi connectivity index (χ4n) is 1.92. The molecule has 1 heterocycles. The minimum atomic E-state index is -0.202. The summed E-state index contributed by atoms with van der Waals surface area (Å²) in [5.74, 6) is -0.202. The van der Waals surface area contributed by atoms with Crippen LogP contribution in [-0.2, 0) is 13.0 Å². The number of thioether (sulfide) groups is 1. The molecule has 0 N–H and O–H groups in total. The van der Waals surface area contributed by atoms with Gasteiger partial charge in [-0.1, -0.05) is 26.0 Å². The van der Waals surface area contributed by atoms with Gasteiger partial charge in [0.2, 0.25) is 0 Å². The van der Waals surface area contributed by atoms with E-state index >= 15 is 0 Å². The summed E-state index contributed by atoms with van der Waals surface area (Å²) in [4.78, 5) is 0. The molecule has 102 valence electrons. The summed E-state index contributed by atoms with van der Waals surface area (Å²) in [7, 11) is 0. The van der Waals surface area contributed by atoms with Crippen molar-refractivity contribution in [3.05, 3.63) is 53.6 Å². The molecule has 0 saturated heterocycles. The Balaban J connectivity index is 2.03. The maximum atomic E-state index is 12.8. The van der Waals surface area contributed by atoms with Crippen molar-refractivity contribution in [2.24, 2.45) is 0 Å². The third-order valence-corrected chi connectivity index (χ3v) is 4.38. The fraction of sp³-hybridized carbons (Fsp3) is 0.400. The van der Waals surface area contributed by atoms with Gasteiger partial charge in [0.1, 0.15) is 5.82 Å². The molecule has 0 saturated carbocycles. The molecule has 0 bridgehead atoms. The van der Waals surface area contributed by atoms with Gasteiger partial charge >= 0.3 is 0 Å². The molecule has 0 aliphatic carbocycles. The molecule has 2 nitrogen and oxygen atoms in total. The van der Waals surface area contributed by atoms with E-state index < -0.39 is 0 Å². The van der Waals surface area contributed by atoms with E-state index in [2.05, 4.69) is 31.4 Å². The molecular formula is C15H19FN2S. The monoisotopic (exact) mass is 278 g/mol. The maximum Gasteiger partial charge on any atom is 0.123 e. The molecule has 1 aromatic heterocycles. The van der Waals surface area contributed by atoms with Gasteiger partial charge < -0.3 is 0 Å². The van der Waals surface area contributed by atoms with Crippen molar-refractivity contribution in [1.82, 2.24) is 9.78 Å². The van der Waals surface area contributed by atoms with Crippen LogP contribution >= 0.6 is 11.8 Å². The summed E-state index contributed by atoms with van der Waals surface area (Å²) in [6.45, 7) is 5.14. The summed E-state index contributed by atoms with van der Waals surface area (Å²) >= 11 is 1.86. The van der Waals surface area contributed by atoms with E-state index in [9.17, 15) is 4.39 Å². The summed E-state index contributed by atoms with van der Waals surface area (Å²) in [5, 5.41) is 4.37. The van der Waals surface area contributed by atoms with E-state index in [4.69, 9.17) is 0 Å². The lowest BCUT2D eigenvalue weighted by molar-refractivity contribution is 0.624. The molecule has 4 heteroatoms. The lowest BCUT2D eigenvalue weighted by Gasteiger charge is -2.20. The SMILES string of the molecule is CSC(C)(C)Cc1cnn(Cc2ccc(F)cc2)c1. The predicted molar refractivity (Wildman–Crippen MR) is 79.0 cm³/mol. The summed E-state index contributed by atoms with van der Waals surface area (Å²) in [6.07, 6.45) is 7.11. The molecule has 2 aromatic rings. The molecule has 1 aromatic carbocycles. The average molecular weight is 278 g/mol. The van der Waals surface area contributed by atoms with Crippen LogP contribution in [0.5, 0.6) is 0 Å². The second-order valence-electron chi connectivity index (χ2n) is 5.31. The van der Waals surface area contributed by atoms with Crippen LogP contribution in [0.25, 0.3) is 0 Å². The summed E-state index contributed by atoms with van der Waals surface area (Å²) in [5.41, 5.74) is 2.29. The van der Waals surface area contributed by atoms with Crippen molar-refractivity contribution >= 4 is 11.8 Å². The summed E-state index contributed by atoms with van der Waals surface area (Å²) in [6, 6.07) is 6.55. The van der Waals surface area contributed by atoms with Gasteiger partial charge in [-0.05, 0) is 35.9 Å². The van der Waals surface area contributed by atoms with E-state index in [0.29, 0.717) is 6.54 Å². The first-order valence-corrected chi connectivity index (χ1v) is 7.52. The van der Waals surface area contributed by atoms with Crippen LogP contribution in [0.1, 0.15) is 25.0 Å². The first-order valence-electron chi connectivity index (χ1n) is 6.29. The number of hydrogen-bond acceptors (Lipinski definition) is 2. The first-order chi connectivity index (χ1) is 8.98. The molecule has 19 heavy (non-hydrogen) atoms. The molecule has 0 atom stereocenters. The van der Waals surface area contributed by atoms with Crippen LogP contribution in [-0.4, -0.2) is 20.8 Å². The number of nitrogens with zero attached hydrogens (tertiary/aromatic N) is 2. The Morgan fingerprint density at radius 3 is 2.53 bits per heavy atom. The van der Waals surface area contributed by atoms with Gasteiger partial charge in [0.25, 0.3) is 0 Å². The number of aromatic nitrogens is 2. The number of halogens is 1. The molecule has 0 spiro atoms. The quantitative estimate of drug-likeness (QED) is 0.829. The van der Waals surface area contributed by atoms with Crippen LogP contribution in [0.4, 0.5) is 4.39 Å². The van der Waals surface area contributed by atoms with Crippen molar-refractivity contribution in [3.8, 4) is 0 Å². The lowest BCUT2D eigenvalue weighted by atomic mass is 10.1. The Morgan fingerprint density at radius 2 is 1.89 bits per heavy atom. The van der Waals surface area contributed by atoms with Gasteiger partial charge in [-0.25, -0.2) is 4.39 Å². The topological polar surface area (TPSA) is 17.8 Å². The zero-order valence-corrected chi connectivity index (χ0v) is 12.4. The molecule has 0 aliphatic rings. The fourth-order valence-corrected chi connectivity index (χ4v) is 2.24. The lowest BCUT2D eigenvalue weighted by Crippen LogP contribution is -2.17. The molecule has 0 fully saturated rings. The van der Waals surface area contributed by atoms with E-state index in [1.807, 2.05) is 22.6 Å². The van der Waals surface area contributed by atoms with Crippen molar-refractivity contribution in [2.45, 2.75) is 31.6 Å². The van der Waals surface area contributed by atoms with Crippen molar-refractivity contribution in [2.75, 3.05) is 6.26 Å². The van der Waals surface area contributed by atoms with Gasteiger partial charge in [0.05, 0.1) is 12.7 Å². The van der Waals surface area contributed by atoms with Gasteiger partial charge in [-0.3, -0.25) is 4.68 Å². The molecule has 0 amide bonds. The average Bonchev–Trinajstić information content (AvgIpc) is 2.79. The van der Waals surface area contributed by atoms with E-state index in [0.717, 1.165) is 12.0 Å². The zero-order chi connectivity index (χ0) is 13.9. The zero-order valence-electron chi connectivity index (χ0n) is 11.6. The van der Waals surface area contributed by atoms with E-state index in [-0.39, 0.29) is 10.6 Å². The molecule has 2 rings (SSSR count). The Morgan fingerprint density at radius 1 is 1.21 bits per heavy atom. The highest BCUT2D eigenvalue weighted by atomic mass is 32.2. The van der Waals surface area contributed by atoms with E-state index in [1.165, 1.54) is 17.7 Å². The van der Waals surface area contributed by atoms with Gasteiger partial charge in [-0.15, -0.1) is 0 Å². The standard InChI is InChI=1S/C15H19FN2S/c1-15(2,19-3)8-13-9-17-18(11-13)10-12-4-6-14(16)7-5-12/h4-7,9,11H,8,10H2,1-3H3. The number of benzene rings is 1. The van der Waals surface area contributed by atoms with Gasteiger partial charge in [-0.2, -0.15) is 16.9 Å². The number of hydrogen-bond donors (Lipinski definition) is 0. The highest BCUT2D eigenvalue weighted by Gasteiger charge is 2.17. The highest BCUT2D eigenvalue weighted by molar-refractivity contribution is 7.99. The van der Waals surface area contributed by atoms with Gasteiger partial charge in [0.15, 0.2) is 0 Å².